The number of hydrogen-bond acceptors (Lipinski definition) is 4. The van der Waals surface area contributed by atoms with E-state index in [1.54, 1.807) is 18.2 Å². The zero-order valence-corrected chi connectivity index (χ0v) is 11.1. The van der Waals surface area contributed by atoms with Gasteiger partial charge in [-0.15, -0.1) is 5.10 Å². The molecule has 94 valence electrons. The molecule has 5 nitrogen and oxygen atoms in total. The van der Waals surface area contributed by atoms with E-state index in [4.69, 9.17) is 11.6 Å². The standard InChI is InChI=1S/C11H10ClN3O2S/c1-18(16,17)6-5-15-8-13-11(14-15)9-3-2-4-10(12)7-9/h2-8H,1H3/b6-5-. The molecule has 0 spiro atoms. The van der Waals surface area contributed by atoms with Gasteiger partial charge in [0, 0.05) is 28.4 Å². The van der Waals surface area contributed by atoms with E-state index in [2.05, 4.69) is 10.1 Å². The Morgan fingerprint density at radius 1 is 1.39 bits per heavy atom. The molecule has 0 aliphatic carbocycles. The molecule has 2 rings (SSSR count). The van der Waals surface area contributed by atoms with Crippen LogP contribution in [0.4, 0.5) is 0 Å². The molecule has 2 aromatic rings. The van der Waals surface area contributed by atoms with Crippen molar-refractivity contribution in [3.8, 4) is 11.4 Å². The van der Waals surface area contributed by atoms with Crippen molar-refractivity contribution in [3.05, 3.63) is 41.0 Å². The van der Waals surface area contributed by atoms with Crippen LogP contribution in [0.3, 0.4) is 0 Å². The summed E-state index contributed by atoms with van der Waals surface area (Å²) in [6.45, 7) is 0. The summed E-state index contributed by atoms with van der Waals surface area (Å²) in [5, 5.41) is 5.77. The Bertz CT molecular complexity index is 692. The highest BCUT2D eigenvalue weighted by Crippen LogP contribution is 2.18. The van der Waals surface area contributed by atoms with Gasteiger partial charge in [0.25, 0.3) is 0 Å². The minimum Gasteiger partial charge on any atom is -0.227 e. The van der Waals surface area contributed by atoms with Gasteiger partial charge < -0.3 is 0 Å². The summed E-state index contributed by atoms with van der Waals surface area (Å²) in [7, 11) is -3.17. The van der Waals surface area contributed by atoms with Crippen LogP contribution in [0.15, 0.2) is 36.0 Å². The van der Waals surface area contributed by atoms with Gasteiger partial charge in [0.05, 0.1) is 0 Å². The first kappa shape index (κ1) is 12.8. The number of benzene rings is 1. The smallest absolute Gasteiger partial charge is 0.181 e. The highest BCUT2D eigenvalue weighted by Gasteiger charge is 2.03. The molecular weight excluding hydrogens is 274 g/mol. The van der Waals surface area contributed by atoms with Crippen LogP contribution in [0.5, 0.6) is 0 Å². The van der Waals surface area contributed by atoms with Gasteiger partial charge in [-0.3, -0.25) is 0 Å². The maximum atomic E-state index is 11.0. The first-order valence-corrected chi connectivity index (χ1v) is 7.33. The highest BCUT2D eigenvalue weighted by atomic mass is 35.5. The van der Waals surface area contributed by atoms with Crippen LogP contribution in [0.2, 0.25) is 5.02 Å². The third-order valence-corrected chi connectivity index (χ3v) is 2.90. The zero-order chi connectivity index (χ0) is 13.2. The Morgan fingerprint density at radius 3 is 2.83 bits per heavy atom. The predicted molar refractivity (Wildman–Crippen MR) is 70.6 cm³/mol. The van der Waals surface area contributed by atoms with E-state index in [-0.39, 0.29) is 0 Å². The van der Waals surface area contributed by atoms with E-state index in [0.717, 1.165) is 17.2 Å². The van der Waals surface area contributed by atoms with Gasteiger partial charge in [-0.25, -0.2) is 18.1 Å². The van der Waals surface area contributed by atoms with Gasteiger partial charge >= 0.3 is 0 Å². The average Bonchev–Trinajstić information content (AvgIpc) is 2.74. The fraction of sp³-hybridized carbons (Fsp3) is 0.0909. The summed E-state index contributed by atoms with van der Waals surface area (Å²) in [5.74, 6) is 0.482. The first-order chi connectivity index (χ1) is 8.44. The van der Waals surface area contributed by atoms with E-state index >= 15 is 0 Å². The minimum absolute atomic E-state index is 0.482. The molecule has 0 N–H and O–H groups in total. The first-order valence-electron chi connectivity index (χ1n) is 4.99. The van der Waals surface area contributed by atoms with E-state index in [0.29, 0.717) is 10.8 Å². The number of halogens is 1. The summed E-state index contributed by atoms with van der Waals surface area (Å²) in [6, 6.07) is 7.11. The number of rotatable bonds is 3. The molecule has 0 fully saturated rings. The van der Waals surface area contributed by atoms with Crippen LogP contribution in [-0.2, 0) is 9.84 Å². The fourth-order valence-corrected chi connectivity index (χ4v) is 1.82. The summed E-state index contributed by atoms with van der Waals surface area (Å²) in [4.78, 5) is 4.08. The highest BCUT2D eigenvalue weighted by molar-refractivity contribution is 7.93. The van der Waals surface area contributed by atoms with E-state index < -0.39 is 9.84 Å². The Morgan fingerprint density at radius 2 is 2.17 bits per heavy atom. The average molecular weight is 284 g/mol. The number of sulfone groups is 1. The number of aromatic nitrogens is 3. The lowest BCUT2D eigenvalue weighted by molar-refractivity contribution is 0.610. The molecule has 0 radical (unpaired) electrons. The molecule has 18 heavy (non-hydrogen) atoms. The second kappa shape index (κ2) is 4.91. The Kier molecular flexibility index (Phi) is 3.49. The van der Waals surface area contributed by atoms with Crippen molar-refractivity contribution < 1.29 is 8.42 Å². The van der Waals surface area contributed by atoms with Crippen molar-refractivity contribution in [2.75, 3.05) is 6.26 Å². The van der Waals surface area contributed by atoms with Crippen molar-refractivity contribution >= 4 is 27.6 Å². The van der Waals surface area contributed by atoms with Crippen LogP contribution < -0.4 is 0 Å². The molecule has 0 amide bonds. The molecule has 0 saturated heterocycles. The molecule has 0 aliphatic heterocycles. The lowest BCUT2D eigenvalue weighted by atomic mass is 10.2. The molecule has 1 aromatic carbocycles. The van der Waals surface area contributed by atoms with E-state index in [1.807, 2.05) is 6.07 Å². The Labute approximate surface area is 110 Å². The lowest BCUT2D eigenvalue weighted by Crippen LogP contribution is -1.92. The maximum Gasteiger partial charge on any atom is 0.181 e. The Balaban J connectivity index is 2.29. The minimum atomic E-state index is -3.17. The van der Waals surface area contributed by atoms with Crippen LogP contribution >= 0.6 is 11.6 Å². The Hall–Kier alpha value is -1.66. The van der Waals surface area contributed by atoms with Crippen LogP contribution in [-0.4, -0.2) is 29.4 Å². The van der Waals surface area contributed by atoms with Crippen molar-refractivity contribution in [3.63, 3.8) is 0 Å². The molecule has 0 bridgehead atoms. The second-order valence-electron chi connectivity index (χ2n) is 3.67. The van der Waals surface area contributed by atoms with Crippen molar-refractivity contribution in [2.45, 2.75) is 0 Å². The van der Waals surface area contributed by atoms with Crippen LogP contribution in [0, 0.1) is 0 Å². The quantitative estimate of drug-likeness (QED) is 0.865. The van der Waals surface area contributed by atoms with Gasteiger partial charge in [-0.05, 0) is 12.1 Å². The number of hydrogen-bond donors (Lipinski definition) is 0. The van der Waals surface area contributed by atoms with Crippen molar-refractivity contribution in [1.82, 2.24) is 14.8 Å². The van der Waals surface area contributed by atoms with E-state index in [9.17, 15) is 8.42 Å². The maximum absolute atomic E-state index is 11.0. The molecule has 7 heteroatoms. The normalized spacial score (nSPS) is 12.1. The largest absolute Gasteiger partial charge is 0.227 e. The topological polar surface area (TPSA) is 64.8 Å². The summed E-state index contributed by atoms with van der Waals surface area (Å²) < 4.78 is 23.3. The SMILES string of the molecule is CS(=O)(=O)/C=C\n1cnc(-c2cccc(Cl)c2)n1. The molecule has 1 heterocycles. The molecule has 0 atom stereocenters. The molecule has 0 saturated carbocycles. The number of nitrogens with zero attached hydrogens (tertiary/aromatic N) is 3. The lowest BCUT2D eigenvalue weighted by Gasteiger charge is -1.95. The summed E-state index contributed by atoms with van der Waals surface area (Å²) >= 11 is 5.87. The summed E-state index contributed by atoms with van der Waals surface area (Å²) in [6.07, 6.45) is 3.87. The molecule has 0 unspecified atom stereocenters. The molecule has 1 aromatic heterocycles. The van der Waals surface area contributed by atoms with Gasteiger partial charge in [0.15, 0.2) is 15.7 Å². The molecular formula is C11H10ClN3O2S. The van der Waals surface area contributed by atoms with Crippen LogP contribution in [0.25, 0.3) is 17.6 Å². The predicted octanol–water partition coefficient (Wildman–Crippen LogP) is 2.07. The van der Waals surface area contributed by atoms with Crippen molar-refractivity contribution in [2.24, 2.45) is 0 Å². The second-order valence-corrected chi connectivity index (χ2v) is 6.04. The third kappa shape index (κ3) is 3.41. The van der Waals surface area contributed by atoms with Gasteiger partial charge in [0.2, 0.25) is 0 Å². The third-order valence-electron chi connectivity index (χ3n) is 2.05. The van der Waals surface area contributed by atoms with Gasteiger partial charge in [-0.2, -0.15) is 0 Å². The monoisotopic (exact) mass is 283 g/mol. The van der Waals surface area contributed by atoms with Gasteiger partial charge in [0.1, 0.15) is 6.33 Å². The van der Waals surface area contributed by atoms with Crippen LogP contribution in [0.1, 0.15) is 0 Å². The molecule has 0 aliphatic rings. The zero-order valence-electron chi connectivity index (χ0n) is 9.49. The van der Waals surface area contributed by atoms with E-state index in [1.165, 1.54) is 17.2 Å². The van der Waals surface area contributed by atoms with Crippen molar-refractivity contribution in [1.29, 1.82) is 0 Å². The van der Waals surface area contributed by atoms with Gasteiger partial charge in [-0.1, -0.05) is 23.7 Å². The summed E-state index contributed by atoms with van der Waals surface area (Å²) in [5.41, 5.74) is 0.772. The fourth-order valence-electron chi connectivity index (χ4n) is 1.28.